The van der Waals surface area contributed by atoms with Crippen LogP contribution in [0.25, 0.3) is 0 Å². The van der Waals surface area contributed by atoms with E-state index in [2.05, 4.69) is 39.4 Å². The molecule has 1 aromatic heterocycles. The number of anilines is 4. The highest BCUT2D eigenvalue weighted by Crippen LogP contribution is 2.22. The van der Waals surface area contributed by atoms with Gasteiger partial charge in [-0.25, -0.2) is 0 Å². The maximum atomic E-state index is 9.61. The van der Waals surface area contributed by atoms with Gasteiger partial charge in [0.25, 0.3) is 0 Å². The number of aromatic hydroxyl groups is 2. The molecule has 0 atom stereocenters. The van der Waals surface area contributed by atoms with Gasteiger partial charge in [0.15, 0.2) is 0 Å². The molecule has 4 N–H and O–H groups in total. The summed E-state index contributed by atoms with van der Waals surface area (Å²) in [7, 11) is 0. The summed E-state index contributed by atoms with van der Waals surface area (Å²) < 4.78 is 0. The molecule has 1 heterocycles. The summed E-state index contributed by atoms with van der Waals surface area (Å²) in [5.74, 6) is 2.11. The summed E-state index contributed by atoms with van der Waals surface area (Å²) in [4.78, 5) is 13.3. The minimum atomic E-state index is 0.157. The van der Waals surface area contributed by atoms with Gasteiger partial charge in [-0.05, 0) is 30.2 Å². The Kier molecular flexibility index (Phi) is 5.17. The molecule has 3 rings (SSSR count). The zero-order valence-electron chi connectivity index (χ0n) is 14.6. The van der Waals surface area contributed by atoms with Gasteiger partial charge >= 0.3 is 0 Å². The largest absolute Gasteiger partial charge is 0.508 e. The highest BCUT2D eigenvalue weighted by molar-refractivity contribution is 5.59. The third-order valence-electron chi connectivity index (χ3n) is 3.48. The van der Waals surface area contributed by atoms with Gasteiger partial charge in [0.1, 0.15) is 17.3 Å². The van der Waals surface area contributed by atoms with Gasteiger partial charge in [-0.3, -0.25) is 0 Å². The van der Waals surface area contributed by atoms with Crippen LogP contribution in [0.1, 0.15) is 19.7 Å². The second-order valence-corrected chi connectivity index (χ2v) is 6.35. The van der Waals surface area contributed by atoms with E-state index < -0.39 is 0 Å². The molecule has 0 spiro atoms. The van der Waals surface area contributed by atoms with Crippen molar-refractivity contribution >= 4 is 23.3 Å². The Balaban J connectivity index is 1.90. The predicted octanol–water partition coefficient (Wildman–Crippen LogP) is 3.97. The monoisotopic (exact) mass is 351 g/mol. The molecule has 0 bridgehead atoms. The Labute approximate surface area is 151 Å². The van der Waals surface area contributed by atoms with Crippen LogP contribution in [0.4, 0.5) is 23.3 Å². The van der Waals surface area contributed by atoms with E-state index >= 15 is 0 Å². The van der Waals surface area contributed by atoms with E-state index in [0.29, 0.717) is 41.4 Å². The van der Waals surface area contributed by atoms with Crippen molar-refractivity contribution in [2.75, 3.05) is 10.6 Å². The van der Waals surface area contributed by atoms with Crippen LogP contribution in [0.15, 0.2) is 48.5 Å². The molecular weight excluding hydrogens is 330 g/mol. The Morgan fingerprint density at radius 3 is 1.73 bits per heavy atom. The van der Waals surface area contributed by atoms with Gasteiger partial charge in [-0.15, -0.1) is 0 Å². The molecule has 0 aliphatic carbocycles. The SMILES string of the molecule is CC(C)Cc1nc(Nc2cccc(O)c2)nc(Nc2cccc(O)c2)n1. The van der Waals surface area contributed by atoms with Crippen molar-refractivity contribution in [3.05, 3.63) is 54.4 Å². The smallest absolute Gasteiger partial charge is 0.232 e. The van der Waals surface area contributed by atoms with Crippen molar-refractivity contribution in [2.24, 2.45) is 5.92 Å². The fraction of sp³-hybridized carbons (Fsp3) is 0.211. The van der Waals surface area contributed by atoms with Crippen molar-refractivity contribution < 1.29 is 10.2 Å². The van der Waals surface area contributed by atoms with E-state index in [-0.39, 0.29) is 11.5 Å². The molecule has 0 aliphatic heterocycles. The molecule has 0 amide bonds. The Hall–Kier alpha value is -3.35. The standard InChI is InChI=1S/C19H21N5O2/c1-12(2)9-17-22-18(20-13-5-3-7-15(25)10-13)24-19(23-17)21-14-6-4-8-16(26)11-14/h3-8,10-12,25-26H,9H2,1-2H3,(H2,20,21,22,23,24). The maximum Gasteiger partial charge on any atom is 0.232 e. The maximum absolute atomic E-state index is 9.61. The lowest BCUT2D eigenvalue weighted by Gasteiger charge is -2.11. The van der Waals surface area contributed by atoms with Crippen LogP contribution in [-0.2, 0) is 6.42 Å². The quantitative estimate of drug-likeness (QED) is 0.533. The molecule has 134 valence electrons. The van der Waals surface area contributed by atoms with Crippen molar-refractivity contribution in [2.45, 2.75) is 20.3 Å². The number of nitrogens with one attached hydrogen (secondary N) is 2. The van der Waals surface area contributed by atoms with Crippen molar-refractivity contribution in [1.82, 2.24) is 15.0 Å². The third-order valence-corrected chi connectivity index (χ3v) is 3.48. The van der Waals surface area contributed by atoms with E-state index in [1.165, 1.54) is 0 Å². The highest BCUT2D eigenvalue weighted by atomic mass is 16.3. The first kappa shape index (κ1) is 17.5. The molecule has 0 aliphatic rings. The van der Waals surface area contributed by atoms with Crippen LogP contribution < -0.4 is 10.6 Å². The van der Waals surface area contributed by atoms with E-state index in [9.17, 15) is 10.2 Å². The average Bonchev–Trinajstić information content (AvgIpc) is 2.54. The molecule has 0 fully saturated rings. The number of benzene rings is 2. The van der Waals surface area contributed by atoms with Crippen molar-refractivity contribution in [3.8, 4) is 11.5 Å². The van der Waals surface area contributed by atoms with Gasteiger partial charge in [-0.1, -0.05) is 26.0 Å². The Bertz CT molecular complexity index is 833. The lowest BCUT2D eigenvalue weighted by Crippen LogP contribution is -2.09. The van der Waals surface area contributed by atoms with Gasteiger partial charge in [-0.2, -0.15) is 15.0 Å². The predicted molar refractivity (Wildman–Crippen MR) is 101 cm³/mol. The molecule has 26 heavy (non-hydrogen) atoms. The van der Waals surface area contributed by atoms with E-state index in [1.54, 1.807) is 36.4 Å². The molecule has 2 aromatic carbocycles. The van der Waals surface area contributed by atoms with Crippen molar-refractivity contribution in [3.63, 3.8) is 0 Å². The van der Waals surface area contributed by atoms with Crippen LogP contribution >= 0.6 is 0 Å². The Morgan fingerprint density at radius 2 is 1.31 bits per heavy atom. The molecule has 3 aromatic rings. The number of phenols is 2. The summed E-state index contributed by atoms with van der Waals surface area (Å²) in [6.45, 7) is 4.18. The fourth-order valence-electron chi connectivity index (χ4n) is 2.41. The molecule has 7 nitrogen and oxygen atoms in total. The van der Waals surface area contributed by atoms with Gasteiger partial charge in [0.2, 0.25) is 11.9 Å². The highest BCUT2D eigenvalue weighted by Gasteiger charge is 2.10. The normalized spacial score (nSPS) is 10.7. The molecule has 0 saturated carbocycles. The molecule has 7 heteroatoms. The van der Waals surface area contributed by atoms with Crippen molar-refractivity contribution in [1.29, 1.82) is 0 Å². The molecule has 0 saturated heterocycles. The van der Waals surface area contributed by atoms with Crippen LogP contribution in [0, 0.1) is 5.92 Å². The summed E-state index contributed by atoms with van der Waals surface area (Å²) in [6.07, 6.45) is 0.700. The van der Waals surface area contributed by atoms with Crippen LogP contribution in [0.2, 0.25) is 0 Å². The second kappa shape index (κ2) is 7.69. The third kappa shape index (κ3) is 4.83. The van der Waals surface area contributed by atoms with E-state index in [4.69, 9.17) is 0 Å². The first-order chi connectivity index (χ1) is 12.5. The Morgan fingerprint density at radius 1 is 0.808 bits per heavy atom. The summed E-state index contributed by atoms with van der Waals surface area (Å²) in [5.41, 5.74) is 1.35. The van der Waals surface area contributed by atoms with Gasteiger partial charge in [0.05, 0.1) is 0 Å². The summed E-state index contributed by atoms with van der Waals surface area (Å²) >= 11 is 0. The number of rotatable bonds is 6. The van der Waals surface area contributed by atoms with E-state index in [1.807, 2.05) is 12.1 Å². The number of aromatic nitrogens is 3. The summed E-state index contributed by atoms with van der Waals surface area (Å²) in [6, 6.07) is 13.5. The zero-order chi connectivity index (χ0) is 18.5. The minimum Gasteiger partial charge on any atom is -0.508 e. The first-order valence-corrected chi connectivity index (χ1v) is 8.35. The molecule has 0 unspecified atom stereocenters. The first-order valence-electron chi connectivity index (χ1n) is 8.35. The minimum absolute atomic E-state index is 0.157. The summed E-state index contributed by atoms with van der Waals surface area (Å²) in [5, 5.41) is 25.4. The van der Waals surface area contributed by atoms with E-state index in [0.717, 1.165) is 0 Å². The average molecular weight is 351 g/mol. The lowest BCUT2D eigenvalue weighted by molar-refractivity contribution is 0.475. The van der Waals surface area contributed by atoms with Crippen LogP contribution in [-0.4, -0.2) is 25.2 Å². The second-order valence-electron chi connectivity index (χ2n) is 6.35. The number of phenolic OH excluding ortho intramolecular Hbond substituents is 2. The van der Waals surface area contributed by atoms with Crippen LogP contribution in [0.3, 0.4) is 0 Å². The van der Waals surface area contributed by atoms with Gasteiger partial charge in [0, 0.05) is 29.9 Å². The zero-order valence-corrected chi connectivity index (χ0v) is 14.6. The number of hydrogen-bond donors (Lipinski definition) is 4. The van der Waals surface area contributed by atoms with Crippen LogP contribution in [0.5, 0.6) is 11.5 Å². The number of hydrogen-bond acceptors (Lipinski definition) is 7. The molecule has 0 radical (unpaired) electrons. The lowest BCUT2D eigenvalue weighted by atomic mass is 10.1. The topological polar surface area (TPSA) is 103 Å². The number of nitrogens with zero attached hydrogens (tertiary/aromatic N) is 3. The molecular formula is C19H21N5O2. The van der Waals surface area contributed by atoms with Gasteiger partial charge < -0.3 is 20.8 Å². The fourth-order valence-corrected chi connectivity index (χ4v) is 2.41.